The van der Waals surface area contributed by atoms with Gasteiger partial charge in [-0.05, 0) is 48.9 Å². The van der Waals surface area contributed by atoms with Crippen molar-refractivity contribution in [2.24, 2.45) is 0 Å². The Morgan fingerprint density at radius 2 is 1.64 bits per heavy atom. The van der Waals surface area contributed by atoms with Gasteiger partial charge < -0.3 is 10.2 Å². The molecule has 1 saturated carbocycles. The number of carbonyl (C=O) groups is 1. The number of halogens is 1. The fraction of sp³-hybridized carbons (Fsp3) is 0.435. The van der Waals surface area contributed by atoms with Gasteiger partial charge in [0.05, 0.1) is 0 Å². The third kappa shape index (κ3) is 5.10. The quantitative estimate of drug-likeness (QED) is 0.815. The summed E-state index contributed by atoms with van der Waals surface area (Å²) >= 11 is 0. The third-order valence-electron chi connectivity index (χ3n) is 5.68. The molecule has 0 spiro atoms. The molecule has 4 nitrogen and oxygen atoms in total. The lowest BCUT2D eigenvalue weighted by Crippen LogP contribution is -2.49. The summed E-state index contributed by atoms with van der Waals surface area (Å²) in [5.74, 6) is -0.242. The van der Waals surface area contributed by atoms with Crippen molar-refractivity contribution in [1.29, 1.82) is 0 Å². The van der Waals surface area contributed by atoms with Crippen LogP contribution < -0.4 is 5.32 Å². The molecular formula is C23H28FN3O. The fourth-order valence-corrected chi connectivity index (χ4v) is 3.87. The third-order valence-corrected chi connectivity index (χ3v) is 5.68. The largest absolute Gasteiger partial charge is 0.335 e. The molecule has 5 heteroatoms. The van der Waals surface area contributed by atoms with Gasteiger partial charge in [-0.2, -0.15) is 0 Å². The molecule has 4 rings (SSSR count). The van der Waals surface area contributed by atoms with E-state index in [-0.39, 0.29) is 17.9 Å². The van der Waals surface area contributed by atoms with E-state index >= 15 is 0 Å². The van der Waals surface area contributed by atoms with Crippen LogP contribution in [0, 0.1) is 5.82 Å². The molecule has 148 valence electrons. The number of rotatable bonds is 6. The molecule has 1 N–H and O–H groups in total. The lowest BCUT2D eigenvalue weighted by Gasteiger charge is -2.34. The average molecular weight is 381 g/mol. The second kappa shape index (κ2) is 8.74. The number of nitrogens with one attached hydrogen (secondary N) is 1. The SMILES string of the molecule is O=C(NC1CCN(Cc2ccccc2)CC1)N(Cc1ccc(F)cc1)C1CC1. The molecule has 1 heterocycles. The highest BCUT2D eigenvalue weighted by atomic mass is 19.1. The lowest BCUT2D eigenvalue weighted by atomic mass is 10.0. The number of carbonyl (C=O) groups excluding carboxylic acids is 1. The maximum atomic E-state index is 13.1. The number of likely N-dealkylation sites (tertiary alicyclic amines) is 1. The van der Waals surface area contributed by atoms with Gasteiger partial charge in [-0.25, -0.2) is 9.18 Å². The minimum Gasteiger partial charge on any atom is -0.335 e. The van der Waals surface area contributed by atoms with E-state index in [1.807, 2.05) is 11.0 Å². The standard InChI is InChI=1S/C23H28FN3O/c24-20-8-6-19(7-9-20)17-27(22-10-11-22)23(28)25-21-12-14-26(15-13-21)16-18-4-2-1-3-5-18/h1-9,21-22H,10-17H2,(H,25,28). The molecule has 1 aliphatic heterocycles. The van der Waals surface area contributed by atoms with Crippen LogP contribution in [0.1, 0.15) is 36.8 Å². The first-order valence-electron chi connectivity index (χ1n) is 10.3. The van der Waals surface area contributed by atoms with E-state index in [1.165, 1.54) is 17.7 Å². The summed E-state index contributed by atoms with van der Waals surface area (Å²) in [5, 5.41) is 3.24. The summed E-state index contributed by atoms with van der Waals surface area (Å²) in [6, 6.07) is 17.6. The van der Waals surface area contributed by atoms with Crippen molar-refractivity contribution >= 4 is 6.03 Å². The molecule has 2 amide bonds. The van der Waals surface area contributed by atoms with Gasteiger partial charge in [-0.1, -0.05) is 42.5 Å². The molecule has 1 aliphatic carbocycles. The maximum absolute atomic E-state index is 13.1. The Kier molecular flexibility index (Phi) is 5.91. The molecule has 28 heavy (non-hydrogen) atoms. The molecular weight excluding hydrogens is 353 g/mol. The number of nitrogens with zero attached hydrogens (tertiary/aromatic N) is 2. The first-order valence-corrected chi connectivity index (χ1v) is 10.3. The molecule has 2 aromatic carbocycles. The minimum absolute atomic E-state index is 0.0216. The van der Waals surface area contributed by atoms with Crippen molar-refractivity contribution in [3.8, 4) is 0 Å². The number of hydrogen-bond acceptors (Lipinski definition) is 2. The first kappa shape index (κ1) is 18.9. The van der Waals surface area contributed by atoms with Crippen LogP contribution in [-0.4, -0.2) is 41.0 Å². The second-order valence-electron chi connectivity index (χ2n) is 7.97. The monoisotopic (exact) mass is 381 g/mol. The zero-order valence-electron chi connectivity index (χ0n) is 16.2. The Morgan fingerprint density at radius 3 is 2.29 bits per heavy atom. The molecule has 1 saturated heterocycles. The van der Waals surface area contributed by atoms with Crippen LogP contribution in [-0.2, 0) is 13.1 Å². The van der Waals surface area contributed by atoms with Crippen molar-refractivity contribution in [2.45, 2.75) is 50.9 Å². The van der Waals surface area contributed by atoms with Crippen LogP contribution in [0.5, 0.6) is 0 Å². The molecule has 2 fully saturated rings. The molecule has 2 aromatic rings. The Balaban J connectivity index is 1.27. The van der Waals surface area contributed by atoms with Crippen molar-refractivity contribution in [2.75, 3.05) is 13.1 Å². The van der Waals surface area contributed by atoms with Crippen molar-refractivity contribution in [1.82, 2.24) is 15.1 Å². The molecule has 0 radical (unpaired) electrons. The van der Waals surface area contributed by atoms with E-state index in [0.717, 1.165) is 50.9 Å². The topological polar surface area (TPSA) is 35.6 Å². The van der Waals surface area contributed by atoms with Crippen molar-refractivity contribution < 1.29 is 9.18 Å². The zero-order chi connectivity index (χ0) is 19.3. The van der Waals surface area contributed by atoms with Gasteiger partial charge in [-0.15, -0.1) is 0 Å². The highest BCUT2D eigenvalue weighted by Crippen LogP contribution is 2.28. The summed E-state index contributed by atoms with van der Waals surface area (Å²) in [4.78, 5) is 17.2. The van der Waals surface area contributed by atoms with Crippen LogP contribution in [0.3, 0.4) is 0 Å². The van der Waals surface area contributed by atoms with Gasteiger partial charge in [0.15, 0.2) is 0 Å². The zero-order valence-corrected chi connectivity index (χ0v) is 16.2. The average Bonchev–Trinajstić information content (AvgIpc) is 3.55. The number of amides is 2. The van der Waals surface area contributed by atoms with Crippen LogP contribution in [0.25, 0.3) is 0 Å². The van der Waals surface area contributed by atoms with E-state index < -0.39 is 0 Å². The Morgan fingerprint density at radius 1 is 0.964 bits per heavy atom. The summed E-state index contributed by atoms with van der Waals surface area (Å²) < 4.78 is 13.1. The second-order valence-corrected chi connectivity index (χ2v) is 7.97. The molecule has 0 unspecified atom stereocenters. The van der Waals surface area contributed by atoms with Gasteiger partial charge >= 0.3 is 6.03 Å². The summed E-state index contributed by atoms with van der Waals surface area (Å²) in [5.41, 5.74) is 2.31. The lowest BCUT2D eigenvalue weighted by molar-refractivity contribution is 0.165. The number of piperidine rings is 1. The van der Waals surface area contributed by atoms with Crippen molar-refractivity contribution in [3.05, 3.63) is 71.5 Å². The van der Waals surface area contributed by atoms with Crippen LogP contribution >= 0.6 is 0 Å². The predicted octanol–water partition coefficient (Wildman–Crippen LogP) is 4.16. The Bertz CT molecular complexity index is 768. The maximum Gasteiger partial charge on any atom is 0.318 e. The molecule has 0 bridgehead atoms. The van der Waals surface area contributed by atoms with Crippen molar-refractivity contribution in [3.63, 3.8) is 0 Å². The summed E-state index contributed by atoms with van der Waals surface area (Å²) in [6.07, 6.45) is 4.08. The predicted molar refractivity (Wildman–Crippen MR) is 108 cm³/mol. The molecule has 2 aliphatic rings. The molecule has 0 atom stereocenters. The van der Waals surface area contributed by atoms with Gasteiger partial charge in [0.25, 0.3) is 0 Å². The summed E-state index contributed by atoms with van der Waals surface area (Å²) in [7, 11) is 0. The van der Waals surface area contributed by atoms with E-state index in [1.54, 1.807) is 12.1 Å². The van der Waals surface area contributed by atoms with E-state index in [2.05, 4.69) is 34.5 Å². The summed E-state index contributed by atoms with van der Waals surface area (Å²) in [6.45, 7) is 3.52. The van der Waals surface area contributed by atoms with E-state index in [4.69, 9.17) is 0 Å². The minimum atomic E-state index is -0.242. The number of hydrogen-bond donors (Lipinski definition) is 1. The first-order chi connectivity index (χ1) is 13.7. The Hall–Kier alpha value is -2.40. The van der Waals surface area contributed by atoms with E-state index in [0.29, 0.717) is 12.6 Å². The van der Waals surface area contributed by atoms with Gasteiger partial charge in [0, 0.05) is 38.3 Å². The van der Waals surface area contributed by atoms with Gasteiger partial charge in [0.2, 0.25) is 0 Å². The number of benzene rings is 2. The van der Waals surface area contributed by atoms with Gasteiger partial charge in [0.1, 0.15) is 5.82 Å². The highest BCUT2D eigenvalue weighted by molar-refractivity contribution is 5.75. The molecule has 0 aromatic heterocycles. The van der Waals surface area contributed by atoms with E-state index in [9.17, 15) is 9.18 Å². The van der Waals surface area contributed by atoms with Gasteiger partial charge in [-0.3, -0.25) is 4.90 Å². The highest BCUT2D eigenvalue weighted by Gasteiger charge is 2.33. The van der Waals surface area contributed by atoms with Crippen LogP contribution in [0.2, 0.25) is 0 Å². The van der Waals surface area contributed by atoms with Crippen LogP contribution in [0.15, 0.2) is 54.6 Å². The normalized spacial score (nSPS) is 18.0. The smallest absolute Gasteiger partial charge is 0.318 e. The van der Waals surface area contributed by atoms with Crippen LogP contribution in [0.4, 0.5) is 9.18 Å². The Labute approximate surface area is 166 Å². The fourth-order valence-electron chi connectivity index (χ4n) is 3.87. The number of urea groups is 1.